The maximum atomic E-state index is 5.86. The maximum absolute atomic E-state index is 5.86. The van der Waals surface area contributed by atoms with Gasteiger partial charge in [-0.3, -0.25) is 4.98 Å². The molecule has 1 atom stereocenters. The largest absolute Gasteiger partial charge is 0.368 e. The summed E-state index contributed by atoms with van der Waals surface area (Å²) in [5.74, 6) is 1.32. The molecule has 122 valence electrons. The summed E-state index contributed by atoms with van der Waals surface area (Å²) >= 11 is 0. The van der Waals surface area contributed by atoms with Crippen LogP contribution in [-0.4, -0.2) is 34.1 Å². The van der Waals surface area contributed by atoms with Crippen LogP contribution in [0, 0.1) is 0 Å². The first kappa shape index (κ1) is 15.7. The molecule has 1 aliphatic heterocycles. The standard InChI is InChI=1S/C17H24N6/c1-2-4-14-9-16(22-17(18)21-14)23-8-6-15(12-23)20-11-13-5-3-7-19-10-13/h3,5,7,9-10,15,20H,2,4,6,8,11-12H2,1H3,(H2,18,21,22). The molecule has 0 aliphatic carbocycles. The number of nitrogens with zero attached hydrogens (tertiary/aromatic N) is 4. The monoisotopic (exact) mass is 312 g/mol. The van der Waals surface area contributed by atoms with E-state index < -0.39 is 0 Å². The van der Waals surface area contributed by atoms with Crippen LogP contribution in [0.3, 0.4) is 0 Å². The zero-order chi connectivity index (χ0) is 16.1. The molecule has 3 N–H and O–H groups in total. The molecule has 23 heavy (non-hydrogen) atoms. The molecule has 3 rings (SSSR count). The number of hydrogen-bond donors (Lipinski definition) is 2. The van der Waals surface area contributed by atoms with E-state index in [1.165, 1.54) is 5.56 Å². The first-order chi connectivity index (χ1) is 11.2. The predicted octanol–water partition coefficient (Wildman–Crippen LogP) is 1.77. The molecule has 2 aromatic rings. The number of hydrogen-bond acceptors (Lipinski definition) is 6. The van der Waals surface area contributed by atoms with Crippen LogP contribution in [0.1, 0.15) is 31.0 Å². The van der Waals surface area contributed by atoms with E-state index in [1.807, 2.05) is 12.3 Å². The Hall–Kier alpha value is -2.21. The third-order valence-corrected chi connectivity index (χ3v) is 4.12. The van der Waals surface area contributed by atoms with Gasteiger partial charge in [0.1, 0.15) is 5.82 Å². The summed E-state index contributed by atoms with van der Waals surface area (Å²) in [4.78, 5) is 15.2. The van der Waals surface area contributed by atoms with Gasteiger partial charge in [0.15, 0.2) is 0 Å². The lowest BCUT2D eigenvalue weighted by Gasteiger charge is -2.19. The van der Waals surface area contributed by atoms with Gasteiger partial charge in [-0.2, -0.15) is 4.98 Å². The lowest BCUT2D eigenvalue weighted by Crippen LogP contribution is -2.32. The van der Waals surface area contributed by atoms with Crippen LogP contribution in [0.4, 0.5) is 11.8 Å². The molecule has 0 saturated carbocycles. The van der Waals surface area contributed by atoms with Crippen LogP contribution in [0.2, 0.25) is 0 Å². The fourth-order valence-corrected chi connectivity index (χ4v) is 2.95. The van der Waals surface area contributed by atoms with Crippen molar-refractivity contribution in [3.05, 3.63) is 41.9 Å². The lowest BCUT2D eigenvalue weighted by molar-refractivity contribution is 0.550. The lowest BCUT2D eigenvalue weighted by atomic mass is 10.2. The SMILES string of the molecule is CCCc1cc(N2CCC(NCc3cccnc3)C2)nc(N)n1. The fourth-order valence-electron chi connectivity index (χ4n) is 2.95. The summed E-state index contributed by atoms with van der Waals surface area (Å²) in [6.07, 6.45) is 6.81. The Morgan fingerprint density at radius 1 is 1.39 bits per heavy atom. The van der Waals surface area contributed by atoms with E-state index in [0.29, 0.717) is 12.0 Å². The maximum Gasteiger partial charge on any atom is 0.222 e. The van der Waals surface area contributed by atoms with E-state index >= 15 is 0 Å². The van der Waals surface area contributed by atoms with Crippen molar-refractivity contribution < 1.29 is 0 Å². The van der Waals surface area contributed by atoms with E-state index in [2.05, 4.69) is 44.2 Å². The van der Waals surface area contributed by atoms with Crippen molar-refractivity contribution in [3.63, 3.8) is 0 Å². The van der Waals surface area contributed by atoms with Gasteiger partial charge in [-0.15, -0.1) is 0 Å². The second kappa shape index (κ2) is 7.37. The van der Waals surface area contributed by atoms with Gasteiger partial charge in [-0.1, -0.05) is 19.4 Å². The van der Waals surface area contributed by atoms with Crippen LogP contribution < -0.4 is 16.0 Å². The Morgan fingerprint density at radius 3 is 3.09 bits per heavy atom. The van der Waals surface area contributed by atoms with Crippen LogP contribution in [0.15, 0.2) is 30.6 Å². The molecular formula is C17H24N6. The van der Waals surface area contributed by atoms with Crippen molar-refractivity contribution in [1.29, 1.82) is 0 Å². The molecule has 1 fully saturated rings. The highest BCUT2D eigenvalue weighted by molar-refractivity contribution is 5.44. The van der Waals surface area contributed by atoms with Gasteiger partial charge in [0, 0.05) is 49.8 Å². The number of nitrogens with two attached hydrogens (primary N) is 1. The van der Waals surface area contributed by atoms with Crippen LogP contribution in [0.25, 0.3) is 0 Å². The zero-order valence-corrected chi connectivity index (χ0v) is 13.6. The zero-order valence-electron chi connectivity index (χ0n) is 13.6. The van der Waals surface area contributed by atoms with Gasteiger partial charge in [-0.05, 0) is 24.5 Å². The highest BCUT2D eigenvalue weighted by Gasteiger charge is 2.23. The number of anilines is 2. The molecule has 6 nitrogen and oxygen atoms in total. The second-order valence-electron chi connectivity index (χ2n) is 6.00. The molecular weight excluding hydrogens is 288 g/mol. The Bertz CT molecular complexity index is 630. The van der Waals surface area contributed by atoms with Crippen LogP contribution in [-0.2, 0) is 13.0 Å². The summed E-state index contributed by atoms with van der Waals surface area (Å²) in [6, 6.07) is 6.59. The van der Waals surface area contributed by atoms with Crippen molar-refractivity contribution >= 4 is 11.8 Å². The second-order valence-corrected chi connectivity index (χ2v) is 6.00. The quantitative estimate of drug-likeness (QED) is 0.846. The van der Waals surface area contributed by atoms with Crippen LogP contribution in [0.5, 0.6) is 0 Å². The van der Waals surface area contributed by atoms with Crippen molar-refractivity contribution in [2.75, 3.05) is 23.7 Å². The first-order valence-corrected chi connectivity index (χ1v) is 8.25. The number of nitrogen functional groups attached to an aromatic ring is 1. The van der Waals surface area contributed by atoms with E-state index in [4.69, 9.17) is 5.73 Å². The van der Waals surface area contributed by atoms with Gasteiger partial charge in [-0.25, -0.2) is 4.98 Å². The Kier molecular flexibility index (Phi) is 5.02. The predicted molar refractivity (Wildman–Crippen MR) is 92.1 cm³/mol. The van der Waals surface area contributed by atoms with Gasteiger partial charge in [0.05, 0.1) is 0 Å². The first-order valence-electron chi connectivity index (χ1n) is 8.25. The molecule has 2 aromatic heterocycles. The number of rotatable bonds is 6. The number of aryl methyl sites for hydroxylation is 1. The van der Waals surface area contributed by atoms with Gasteiger partial charge < -0.3 is 16.0 Å². The van der Waals surface area contributed by atoms with E-state index in [1.54, 1.807) is 6.20 Å². The average molecular weight is 312 g/mol. The third kappa shape index (κ3) is 4.16. The molecule has 0 aromatic carbocycles. The summed E-state index contributed by atoms with van der Waals surface area (Å²) in [7, 11) is 0. The molecule has 1 saturated heterocycles. The minimum Gasteiger partial charge on any atom is -0.368 e. The topological polar surface area (TPSA) is 80.0 Å². The van der Waals surface area contributed by atoms with Crippen molar-refractivity contribution in [2.24, 2.45) is 0 Å². The molecule has 6 heteroatoms. The molecule has 0 radical (unpaired) electrons. The Labute approximate surface area is 137 Å². The van der Waals surface area contributed by atoms with Gasteiger partial charge >= 0.3 is 0 Å². The van der Waals surface area contributed by atoms with Crippen molar-refractivity contribution in [3.8, 4) is 0 Å². The van der Waals surface area contributed by atoms with Gasteiger partial charge in [0.25, 0.3) is 0 Å². The highest BCUT2D eigenvalue weighted by Crippen LogP contribution is 2.20. The summed E-state index contributed by atoms with van der Waals surface area (Å²) in [6.45, 7) is 4.93. The third-order valence-electron chi connectivity index (χ3n) is 4.12. The van der Waals surface area contributed by atoms with Crippen molar-refractivity contribution in [2.45, 2.75) is 38.8 Å². The molecule has 1 aliphatic rings. The fraction of sp³-hybridized carbons (Fsp3) is 0.471. The molecule has 0 spiro atoms. The van der Waals surface area contributed by atoms with Crippen molar-refractivity contribution in [1.82, 2.24) is 20.3 Å². The van der Waals surface area contributed by atoms with E-state index in [9.17, 15) is 0 Å². The number of aromatic nitrogens is 3. The molecule has 0 bridgehead atoms. The molecule has 1 unspecified atom stereocenters. The minimum atomic E-state index is 0.373. The highest BCUT2D eigenvalue weighted by atomic mass is 15.2. The summed E-state index contributed by atoms with van der Waals surface area (Å²) < 4.78 is 0. The van der Waals surface area contributed by atoms with Gasteiger partial charge in [0.2, 0.25) is 5.95 Å². The summed E-state index contributed by atoms with van der Waals surface area (Å²) in [5, 5.41) is 3.60. The van der Waals surface area contributed by atoms with Crippen LogP contribution >= 0.6 is 0 Å². The number of pyridine rings is 1. The Morgan fingerprint density at radius 2 is 2.30 bits per heavy atom. The number of nitrogens with one attached hydrogen (secondary N) is 1. The van der Waals surface area contributed by atoms with E-state index in [0.717, 1.165) is 50.4 Å². The average Bonchev–Trinajstić information content (AvgIpc) is 3.03. The van der Waals surface area contributed by atoms with E-state index in [-0.39, 0.29) is 0 Å². The Balaban J connectivity index is 1.59. The molecule has 0 amide bonds. The molecule has 3 heterocycles. The normalized spacial score (nSPS) is 17.6. The smallest absolute Gasteiger partial charge is 0.222 e. The minimum absolute atomic E-state index is 0.373. The summed E-state index contributed by atoms with van der Waals surface area (Å²) in [5.41, 5.74) is 8.10.